The fourth-order valence-electron chi connectivity index (χ4n) is 2.19. The summed E-state index contributed by atoms with van der Waals surface area (Å²) in [4.78, 5) is 13.9. The number of hydrogen-bond donors (Lipinski definition) is 0. The molecule has 2 rings (SSSR count). The molecule has 1 amide bonds. The van der Waals surface area contributed by atoms with Crippen LogP contribution in [-0.2, 0) is 6.54 Å². The quantitative estimate of drug-likeness (QED) is 0.761. The van der Waals surface area contributed by atoms with Gasteiger partial charge in [-0.3, -0.25) is 4.79 Å². The minimum Gasteiger partial charge on any atom is -0.495 e. The largest absolute Gasteiger partial charge is 0.495 e. The Bertz CT molecular complexity index is 742. The average molecular weight is 400 g/mol. The van der Waals surface area contributed by atoms with Gasteiger partial charge >= 0.3 is 0 Å². The van der Waals surface area contributed by atoms with Crippen LogP contribution in [0.3, 0.4) is 0 Å². The van der Waals surface area contributed by atoms with Gasteiger partial charge in [-0.1, -0.05) is 6.07 Å². The molecule has 0 aromatic heterocycles. The van der Waals surface area contributed by atoms with Crippen molar-refractivity contribution in [1.29, 1.82) is 0 Å². The molecule has 0 aliphatic rings. The van der Waals surface area contributed by atoms with Crippen molar-refractivity contribution >= 4 is 21.8 Å². The van der Waals surface area contributed by atoms with Crippen molar-refractivity contribution in [2.24, 2.45) is 0 Å². The molecule has 0 bridgehead atoms. The Morgan fingerprint density at radius 1 is 1.12 bits per heavy atom. The minimum absolute atomic E-state index is 0.00560. The summed E-state index contributed by atoms with van der Waals surface area (Å²) in [6, 6.07) is 6.39. The number of carbonyl (C=O) groups excluding carboxylic acids is 1. The summed E-state index contributed by atoms with van der Waals surface area (Å²) in [5.41, 5.74) is 0.556. The Balaban J connectivity index is 2.27. The Kier molecular flexibility index (Phi) is 5.77. The number of ether oxygens (including phenoxy) is 2. The minimum atomic E-state index is -0.694. The molecule has 2 aromatic rings. The van der Waals surface area contributed by atoms with E-state index in [1.165, 1.54) is 32.2 Å². The van der Waals surface area contributed by atoms with Crippen molar-refractivity contribution < 1.29 is 23.0 Å². The molecule has 4 nitrogen and oxygen atoms in total. The van der Waals surface area contributed by atoms with E-state index >= 15 is 0 Å². The van der Waals surface area contributed by atoms with Gasteiger partial charge in [-0.15, -0.1) is 0 Å². The fraction of sp³-hybridized carbons (Fsp3) is 0.235. The zero-order chi connectivity index (χ0) is 17.9. The molecule has 0 spiro atoms. The third-order valence-electron chi connectivity index (χ3n) is 3.46. The first kappa shape index (κ1) is 18.2. The van der Waals surface area contributed by atoms with Gasteiger partial charge in [0.05, 0.1) is 14.2 Å². The maximum Gasteiger partial charge on any atom is 0.254 e. The number of carbonyl (C=O) groups is 1. The smallest absolute Gasteiger partial charge is 0.254 e. The van der Waals surface area contributed by atoms with Crippen LogP contribution in [0, 0.1) is 11.6 Å². The van der Waals surface area contributed by atoms with E-state index in [1.807, 2.05) is 0 Å². The molecule has 0 aliphatic carbocycles. The van der Waals surface area contributed by atoms with Crippen LogP contribution in [0.15, 0.2) is 34.8 Å². The molecule has 0 fully saturated rings. The van der Waals surface area contributed by atoms with Gasteiger partial charge in [0.25, 0.3) is 5.91 Å². The standard InChI is InChI=1S/C17H16BrF2NO3/c1-21(9-10-4-5-12(19)8-13(10)20)17(22)11-6-14(23-2)16(18)15(7-11)24-3/h4-8H,9H2,1-3H3. The molecule has 0 atom stereocenters. The molecule has 0 saturated carbocycles. The number of benzene rings is 2. The van der Waals surface area contributed by atoms with E-state index in [0.29, 0.717) is 21.5 Å². The summed E-state index contributed by atoms with van der Waals surface area (Å²) in [5, 5.41) is 0. The van der Waals surface area contributed by atoms with Crippen LogP contribution in [-0.4, -0.2) is 32.1 Å². The lowest BCUT2D eigenvalue weighted by atomic mass is 10.1. The molecule has 0 unspecified atom stereocenters. The number of methoxy groups -OCH3 is 2. The zero-order valence-electron chi connectivity index (χ0n) is 13.4. The second-order valence-corrected chi connectivity index (χ2v) is 5.88. The van der Waals surface area contributed by atoms with E-state index in [4.69, 9.17) is 9.47 Å². The second kappa shape index (κ2) is 7.61. The van der Waals surface area contributed by atoms with E-state index in [9.17, 15) is 13.6 Å². The van der Waals surface area contributed by atoms with Crippen LogP contribution in [0.25, 0.3) is 0 Å². The average Bonchev–Trinajstić information content (AvgIpc) is 2.56. The SMILES string of the molecule is COc1cc(C(=O)N(C)Cc2ccc(F)cc2F)cc(OC)c1Br. The zero-order valence-corrected chi connectivity index (χ0v) is 15.0. The lowest BCUT2D eigenvalue weighted by Gasteiger charge is -2.19. The van der Waals surface area contributed by atoms with E-state index < -0.39 is 11.6 Å². The molecule has 0 heterocycles. The van der Waals surface area contributed by atoms with E-state index in [-0.39, 0.29) is 18.0 Å². The first-order valence-electron chi connectivity index (χ1n) is 6.98. The van der Waals surface area contributed by atoms with Crippen LogP contribution < -0.4 is 9.47 Å². The van der Waals surface area contributed by atoms with Crippen molar-refractivity contribution in [3.05, 3.63) is 57.6 Å². The van der Waals surface area contributed by atoms with Gasteiger partial charge in [-0.05, 0) is 34.1 Å². The number of hydrogen-bond acceptors (Lipinski definition) is 3. The topological polar surface area (TPSA) is 38.8 Å². The summed E-state index contributed by atoms with van der Waals surface area (Å²) >= 11 is 3.33. The summed E-state index contributed by atoms with van der Waals surface area (Å²) in [6.07, 6.45) is 0. The number of halogens is 3. The number of rotatable bonds is 5. The van der Waals surface area contributed by atoms with Crippen molar-refractivity contribution in [2.45, 2.75) is 6.54 Å². The molecule has 0 radical (unpaired) electrons. The molecule has 24 heavy (non-hydrogen) atoms. The summed E-state index contributed by atoms with van der Waals surface area (Å²) in [5.74, 6) is -0.811. The van der Waals surface area contributed by atoms with Gasteiger partial charge in [0.2, 0.25) is 0 Å². The van der Waals surface area contributed by atoms with E-state index in [0.717, 1.165) is 12.1 Å². The number of amides is 1. The van der Waals surface area contributed by atoms with Gasteiger partial charge in [-0.2, -0.15) is 0 Å². The second-order valence-electron chi connectivity index (χ2n) is 5.09. The van der Waals surface area contributed by atoms with Gasteiger partial charge in [-0.25, -0.2) is 8.78 Å². The highest BCUT2D eigenvalue weighted by Gasteiger charge is 2.18. The Morgan fingerprint density at radius 2 is 1.71 bits per heavy atom. The van der Waals surface area contributed by atoms with Crippen LogP contribution in [0.4, 0.5) is 8.78 Å². The number of nitrogens with zero attached hydrogens (tertiary/aromatic N) is 1. The van der Waals surface area contributed by atoms with Crippen LogP contribution >= 0.6 is 15.9 Å². The maximum absolute atomic E-state index is 13.7. The highest BCUT2D eigenvalue weighted by atomic mass is 79.9. The Hall–Kier alpha value is -2.15. The lowest BCUT2D eigenvalue weighted by Crippen LogP contribution is -2.26. The molecular formula is C17H16BrF2NO3. The first-order chi connectivity index (χ1) is 11.4. The molecule has 0 N–H and O–H groups in total. The predicted octanol–water partition coefficient (Wildman–Crippen LogP) is 4.02. The first-order valence-corrected chi connectivity index (χ1v) is 7.77. The van der Waals surface area contributed by atoms with Crippen LogP contribution in [0.2, 0.25) is 0 Å². The van der Waals surface area contributed by atoms with Crippen molar-refractivity contribution in [1.82, 2.24) is 4.90 Å². The van der Waals surface area contributed by atoms with Crippen molar-refractivity contribution in [3.8, 4) is 11.5 Å². The molecule has 0 saturated heterocycles. The monoisotopic (exact) mass is 399 g/mol. The van der Waals surface area contributed by atoms with Crippen LogP contribution in [0.5, 0.6) is 11.5 Å². The van der Waals surface area contributed by atoms with E-state index in [1.54, 1.807) is 12.1 Å². The molecule has 2 aromatic carbocycles. The Labute approximate surface area is 147 Å². The Morgan fingerprint density at radius 3 is 2.21 bits per heavy atom. The predicted molar refractivity (Wildman–Crippen MR) is 89.4 cm³/mol. The molecule has 7 heteroatoms. The summed E-state index contributed by atoms with van der Waals surface area (Å²) < 4.78 is 37.7. The summed E-state index contributed by atoms with van der Waals surface area (Å²) in [7, 11) is 4.49. The van der Waals surface area contributed by atoms with Gasteiger partial charge in [0, 0.05) is 30.8 Å². The molecular weight excluding hydrogens is 384 g/mol. The third kappa shape index (κ3) is 3.84. The van der Waals surface area contributed by atoms with Gasteiger partial charge < -0.3 is 14.4 Å². The third-order valence-corrected chi connectivity index (χ3v) is 4.24. The highest BCUT2D eigenvalue weighted by Crippen LogP contribution is 2.36. The maximum atomic E-state index is 13.7. The van der Waals surface area contributed by atoms with Crippen molar-refractivity contribution in [3.63, 3.8) is 0 Å². The van der Waals surface area contributed by atoms with Crippen LogP contribution in [0.1, 0.15) is 15.9 Å². The van der Waals surface area contributed by atoms with Gasteiger partial charge in [0.1, 0.15) is 27.6 Å². The van der Waals surface area contributed by atoms with Gasteiger partial charge in [0.15, 0.2) is 0 Å². The molecule has 0 aliphatic heterocycles. The lowest BCUT2D eigenvalue weighted by molar-refractivity contribution is 0.0783. The summed E-state index contributed by atoms with van der Waals surface area (Å²) in [6.45, 7) is 0.00560. The fourth-order valence-corrected chi connectivity index (χ4v) is 2.74. The molecule has 128 valence electrons. The van der Waals surface area contributed by atoms with E-state index in [2.05, 4.69) is 15.9 Å². The van der Waals surface area contributed by atoms with Crippen molar-refractivity contribution in [2.75, 3.05) is 21.3 Å². The highest BCUT2D eigenvalue weighted by molar-refractivity contribution is 9.10. The normalized spacial score (nSPS) is 10.4.